The average Bonchev–Trinajstić information content (AvgIpc) is 2.90. The van der Waals surface area contributed by atoms with E-state index in [9.17, 15) is 9.59 Å². The highest BCUT2D eigenvalue weighted by Gasteiger charge is 2.25. The third kappa shape index (κ3) is 7.24. The molecule has 7 heteroatoms. The number of pyridine rings is 1. The molecule has 0 aliphatic rings. The van der Waals surface area contributed by atoms with E-state index in [4.69, 9.17) is 14.6 Å². The van der Waals surface area contributed by atoms with Crippen molar-refractivity contribution in [2.75, 3.05) is 18.6 Å². The highest BCUT2D eigenvalue weighted by Crippen LogP contribution is 2.31. The Hall–Kier alpha value is -4.23. The highest BCUT2D eigenvalue weighted by atomic mass is 16.5. The molecule has 40 heavy (non-hydrogen) atoms. The first kappa shape index (κ1) is 28.8. The van der Waals surface area contributed by atoms with Crippen LogP contribution in [0.1, 0.15) is 43.9 Å². The van der Waals surface area contributed by atoms with Crippen molar-refractivity contribution >= 4 is 28.5 Å². The van der Waals surface area contributed by atoms with Gasteiger partial charge in [-0.3, -0.25) is 9.69 Å². The lowest BCUT2D eigenvalue weighted by Gasteiger charge is -2.27. The summed E-state index contributed by atoms with van der Waals surface area (Å²) in [4.78, 5) is 30.9. The molecule has 0 saturated carbocycles. The molecule has 0 atom stereocenters. The van der Waals surface area contributed by atoms with Gasteiger partial charge in [-0.2, -0.15) is 0 Å². The Balaban J connectivity index is 1.64. The maximum absolute atomic E-state index is 13.7. The van der Waals surface area contributed by atoms with Crippen LogP contribution in [0.5, 0.6) is 5.75 Å². The van der Waals surface area contributed by atoms with Gasteiger partial charge in [-0.05, 0) is 69.8 Å². The fraction of sp³-hybridized carbons (Fsp3) is 0.303. The van der Waals surface area contributed by atoms with Gasteiger partial charge in [-0.1, -0.05) is 63.2 Å². The number of fused-ring (bicyclic) bond motifs is 1. The number of aliphatic carboxylic acids is 1. The molecule has 0 unspecified atom stereocenters. The quantitative estimate of drug-likeness (QED) is 0.238. The van der Waals surface area contributed by atoms with Gasteiger partial charge >= 0.3 is 5.97 Å². The molecule has 0 saturated heterocycles. The van der Waals surface area contributed by atoms with Crippen LogP contribution >= 0.6 is 0 Å². The number of hydrogen-bond acceptors (Lipinski definition) is 5. The zero-order chi connectivity index (χ0) is 28.9. The topological polar surface area (TPSA) is 89.0 Å². The lowest BCUT2D eigenvalue weighted by molar-refractivity contribution is -0.142. The maximum Gasteiger partial charge on any atom is 0.329 e. The molecule has 0 spiro atoms. The number of carbonyl (C=O) groups excluding carboxylic acids is 1. The van der Waals surface area contributed by atoms with Crippen molar-refractivity contribution in [3.05, 3.63) is 89.6 Å². The van der Waals surface area contributed by atoms with E-state index in [2.05, 4.69) is 56.1 Å². The molecular formula is C33H36N2O5. The van der Waals surface area contributed by atoms with Crippen molar-refractivity contribution in [2.24, 2.45) is 5.41 Å². The molecule has 1 amide bonds. The summed E-state index contributed by atoms with van der Waals surface area (Å²) >= 11 is 0. The summed E-state index contributed by atoms with van der Waals surface area (Å²) in [6.45, 7) is 8.39. The molecule has 208 valence electrons. The fourth-order valence-corrected chi connectivity index (χ4v) is 4.65. The summed E-state index contributed by atoms with van der Waals surface area (Å²) in [5, 5.41) is 10.6. The number of methoxy groups -OCH3 is 1. The van der Waals surface area contributed by atoms with Gasteiger partial charge in [0.1, 0.15) is 18.2 Å². The summed E-state index contributed by atoms with van der Waals surface area (Å²) in [5.74, 6) is 0.444. The second-order valence-electron chi connectivity index (χ2n) is 11.2. The average molecular weight is 541 g/mol. The molecule has 0 bridgehead atoms. The number of carboxylic acids is 1. The molecule has 4 aromatic rings. The molecule has 1 aromatic heterocycles. The van der Waals surface area contributed by atoms with Crippen LogP contribution in [0.2, 0.25) is 0 Å². The summed E-state index contributed by atoms with van der Waals surface area (Å²) in [5.41, 5.74) is 4.91. The number of aryl methyl sites for hydroxylation is 1. The number of nitrogens with zero attached hydrogens (tertiary/aromatic N) is 2. The molecule has 3 aromatic carbocycles. The van der Waals surface area contributed by atoms with E-state index in [1.165, 1.54) is 0 Å². The second kappa shape index (κ2) is 12.3. The number of anilines is 1. The third-order valence-electron chi connectivity index (χ3n) is 6.56. The van der Waals surface area contributed by atoms with Crippen molar-refractivity contribution in [3.63, 3.8) is 0 Å². The van der Waals surface area contributed by atoms with Gasteiger partial charge < -0.3 is 14.6 Å². The van der Waals surface area contributed by atoms with Crippen LogP contribution in [0.4, 0.5) is 5.82 Å². The van der Waals surface area contributed by atoms with Gasteiger partial charge in [0.05, 0.1) is 20.3 Å². The Kier molecular flexibility index (Phi) is 8.85. The summed E-state index contributed by atoms with van der Waals surface area (Å²) in [7, 11) is 1.67. The molecular weight excluding hydrogens is 504 g/mol. The van der Waals surface area contributed by atoms with Crippen LogP contribution in [-0.2, 0) is 27.5 Å². The van der Waals surface area contributed by atoms with E-state index in [0.717, 1.165) is 44.3 Å². The van der Waals surface area contributed by atoms with E-state index in [0.29, 0.717) is 18.8 Å². The van der Waals surface area contributed by atoms with Crippen molar-refractivity contribution in [3.8, 4) is 16.9 Å². The molecule has 7 nitrogen and oxygen atoms in total. The first-order valence-corrected chi connectivity index (χ1v) is 13.3. The second-order valence-corrected chi connectivity index (χ2v) is 11.2. The number of carboxylic acid groups (broad SMARTS) is 1. The lowest BCUT2D eigenvalue weighted by Crippen LogP contribution is -2.34. The van der Waals surface area contributed by atoms with Crippen molar-refractivity contribution in [2.45, 2.75) is 47.3 Å². The lowest BCUT2D eigenvalue weighted by atomic mass is 9.91. The smallest absolute Gasteiger partial charge is 0.329 e. The van der Waals surface area contributed by atoms with Crippen LogP contribution in [-0.4, -0.2) is 35.7 Å². The molecule has 1 N–H and O–H groups in total. The Labute approximate surface area is 235 Å². The number of amides is 1. The van der Waals surface area contributed by atoms with Crippen LogP contribution in [0.25, 0.3) is 21.9 Å². The molecule has 0 fully saturated rings. The van der Waals surface area contributed by atoms with E-state index in [1.807, 2.05) is 43.3 Å². The zero-order valence-electron chi connectivity index (χ0n) is 23.7. The van der Waals surface area contributed by atoms with E-state index in [1.54, 1.807) is 18.2 Å². The minimum Gasteiger partial charge on any atom is -0.496 e. The largest absolute Gasteiger partial charge is 0.496 e. The van der Waals surface area contributed by atoms with Gasteiger partial charge in [0, 0.05) is 18.0 Å². The molecule has 0 radical (unpaired) electrons. The third-order valence-corrected chi connectivity index (χ3v) is 6.56. The van der Waals surface area contributed by atoms with Gasteiger partial charge in [0.25, 0.3) is 0 Å². The minimum atomic E-state index is -1.01. The van der Waals surface area contributed by atoms with Crippen LogP contribution < -0.4 is 9.64 Å². The van der Waals surface area contributed by atoms with Crippen molar-refractivity contribution < 1.29 is 24.2 Å². The predicted molar refractivity (Wildman–Crippen MR) is 157 cm³/mol. The van der Waals surface area contributed by atoms with Gasteiger partial charge in [0.2, 0.25) is 5.91 Å². The first-order valence-electron chi connectivity index (χ1n) is 13.3. The van der Waals surface area contributed by atoms with Crippen molar-refractivity contribution in [1.29, 1.82) is 0 Å². The number of rotatable bonds is 10. The molecule has 1 heterocycles. The Morgan fingerprint density at radius 1 is 0.925 bits per heavy atom. The first-order chi connectivity index (χ1) is 19.0. The Morgan fingerprint density at radius 3 is 2.27 bits per heavy atom. The Morgan fingerprint density at radius 2 is 1.62 bits per heavy atom. The summed E-state index contributed by atoms with van der Waals surface area (Å²) < 4.78 is 10.6. The zero-order valence-corrected chi connectivity index (χ0v) is 23.7. The van der Waals surface area contributed by atoms with Crippen LogP contribution in [0.15, 0.2) is 72.9 Å². The van der Waals surface area contributed by atoms with E-state index < -0.39 is 5.97 Å². The van der Waals surface area contributed by atoms with Gasteiger partial charge in [0.15, 0.2) is 0 Å². The van der Waals surface area contributed by atoms with E-state index in [-0.39, 0.29) is 24.5 Å². The fourth-order valence-electron chi connectivity index (χ4n) is 4.65. The monoisotopic (exact) mass is 540 g/mol. The van der Waals surface area contributed by atoms with Crippen LogP contribution in [0, 0.1) is 12.3 Å². The number of benzene rings is 3. The molecule has 0 aliphatic carbocycles. The summed E-state index contributed by atoms with van der Waals surface area (Å²) in [6.07, 6.45) is 2.07. The normalized spacial score (nSPS) is 11.4. The minimum absolute atomic E-state index is 0.00350. The number of carbonyl (C=O) groups is 2. The SMILES string of the molecule is COc1ccc(-c2ccc(CN(C(=O)CC(C)(C)C)c3nccc4cc(COCC(=O)O)ccc34)cc2)cc1C. The number of aromatic nitrogens is 1. The maximum atomic E-state index is 13.7. The van der Waals surface area contributed by atoms with Gasteiger partial charge in [-0.25, -0.2) is 9.78 Å². The number of ether oxygens (including phenoxy) is 2. The van der Waals surface area contributed by atoms with Gasteiger partial charge in [-0.15, -0.1) is 0 Å². The highest BCUT2D eigenvalue weighted by molar-refractivity contribution is 6.02. The van der Waals surface area contributed by atoms with E-state index >= 15 is 0 Å². The standard InChI is InChI=1S/C33H36N2O5/c1-22-16-26(11-13-29(22)39-5)25-9-6-23(7-10-25)19-35(30(36)18-33(2,3)4)32-28-12-8-24(20-40-21-31(37)38)17-27(28)14-15-34-32/h6-17H,18-21H2,1-5H3,(H,37,38). The predicted octanol–water partition coefficient (Wildman–Crippen LogP) is 6.79. The molecule has 4 rings (SSSR count). The Bertz CT molecular complexity index is 1510. The summed E-state index contributed by atoms with van der Waals surface area (Å²) in [6, 6.07) is 22.0. The van der Waals surface area contributed by atoms with Crippen LogP contribution in [0.3, 0.4) is 0 Å². The number of hydrogen-bond donors (Lipinski definition) is 1. The van der Waals surface area contributed by atoms with Crippen molar-refractivity contribution in [1.82, 2.24) is 4.98 Å². The molecule has 0 aliphatic heterocycles.